The molecule has 1 rings (SSSR count). The quantitative estimate of drug-likeness (QED) is 0.761. The van der Waals surface area contributed by atoms with E-state index in [4.69, 9.17) is 0 Å². The fraction of sp³-hybridized carbons (Fsp3) is 1.00. The summed E-state index contributed by atoms with van der Waals surface area (Å²) in [4.78, 5) is 2.10. The van der Waals surface area contributed by atoms with Crippen LogP contribution in [0, 0.1) is 0 Å². The number of hydrogen-bond donors (Lipinski definition) is 1. The zero-order chi connectivity index (χ0) is 13.9. The van der Waals surface area contributed by atoms with Gasteiger partial charge in [-0.25, -0.2) is 12.7 Å². The van der Waals surface area contributed by atoms with E-state index >= 15 is 0 Å². The van der Waals surface area contributed by atoms with Crippen LogP contribution in [0.2, 0.25) is 0 Å². The molecule has 0 aromatic rings. The zero-order valence-electron chi connectivity index (χ0n) is 12.2. The predicted molar refractivity (Wildman–Crippen MR) is 75.2 cm³/mol. The lowest BCUT2D eigenvalue weighted by atomic mass is 10.2. The number of sulfonamides is 1. The van der Waals surface area contributed by atoms with Gasteiger partial charge in [-0.1, -0.05) is 13.8 Å². The smallest absolute Gasteiger partial charge is 0.218 e. The average Bonchev–Trinajstić information content (AvgIpc) is 2.75. The molecule has 18 heavy (non-hydrogen) atoms. The SMILES string of the molecule is CC(C)NCC(C)S(=O)(=O)N1CCC(N(C)C)C1. The Morgan fingerprint density at radius 2 is 1.94 bits per heavy atom. The van der Waals surface area contributed by atoms with Crippen LogP contribution in [0.3, 0.4) is 0 Å². The van der Waals surface area contributed by atoms with Crippen LogP contribution >= 0.6 is 0 Å². The van der Waals surface area contributed by atoms with Crippen LogP contribution in [0.5, 0.6) is 0 Å². The van der Waals surface area contributed by atoms with Gasteiger partial charge >= 0.3 is 0 Å². The second kappa shape index (κ2) is 6.32. The summed E-state index contributed by atoms with van der Waals surface area (Å²) in [5, 5.41) is 2.83. The maximum Gasteiger partial charge on any atom is 0.218 e. The van der Waals surface area contributed by atoms with Crippen molar-refractivity contribution in [2.24, 2.45) is 0 Å². The van der Waals surface area contributed by atoms with Crippen LogP contribution in [0.15, 0.2) is 0 Å². The molecule has 0 amide bonds. The van der Waals surface area contributed by atoms with Gasteiger partial charge in [-0.05, 0) is 27.4 Å². The molecule has 0 aliphatic carbocycles. The van der Waals surface area contributed by atoms with Gasteiger partial charge in [0, 0.05) is 31.7 Å². The molecule has 0 spiro atoms. The van der Waals surface area contributed by atoms with Crippen molar-refractivity contribution in [2.45, 2.75) is 44.5 Å². The van der Waals surface area contributed by atoms with Crippen LogP contribution in [-0.4, -0.2) is 68.7 Å². The monoisotopic (exact) mass is 277 g/mol. The normalized spacial score (nSPS) is 24.1. The van der Waals surface area contributed by atoms with E-state index in [1.54, 1.807) is 11.2 Å². The van der Waals surface area contributed by atoms with Crippen molar-refractivity contribution in [3.05, 3.63) is 0 Å². The van der Waals surface area contributed by atoms with Gasteiger partial charge in [0.1, 0.15) is 0 Å². The molecule has 1 aliphatic rings. The van der Waals surface area contributed by atoms with Crippen molar-refractivity contribution < 1.29 is 8.42 Å². The first kappa shape index (κ1) is 15.9. The number of hydrogen-bond acceptors (Lipinski definition) is 4. The summed E-state index contributed by atoms with van der Waals surface area (Å²) in [6.07, 6.45) is 0.927. The molecular formula is C12H27N3O2S. The minimum absolute atomic E-state index is 0.316. The summed E-state index contributed by atoms with van der Waals surface area (Å²) in [6.45, 7) is 7.63. The Bertz CT molecular complexity index is 354. The third-order valence-electron chi connectivity index (χ3n) is 3.54. The Hall–Kier alpha value is -0.170. The minimum atomic E-state index is -3.16. The molecule has 0 saturated carbocycles. The van der Waals surface area contributed by atoms with Crippen molar-refractivity contribution in [2.75, 3.05) is 33.7 Å². The molecular weight excluding hydrogens is 250 g/mol. The van der Waals surface area contributed by atoms with Gasteiger partial charge < -0.3 is 10.2 Å². The fourth-order valence-corrected chi connectivity index (χ4v) is 3.68. The van der Waals surface area contributed by atoms with Gasteiger partial charge in [-0.2, -0.15) is 0 Å². The summed E-state index contributed by atoms with van der Waals surface area (Å²) in [5.74, 6) is 0. The molecule has 5 nitrogen and oxygen atoms in total. The highest BCUT2D eigenvalue weighted by Crippen LogP contribution is 2.19. The summed E-state index contributed by atoms with van der Waals surface area (Å²) in [6, 6.07) is 0.667. The minimum Gasteiger partial charge on any atom is -0.313 e. The predicted octanol–water partition coefficient (Wildman–Crippen LogP) is 0.339. The Kier molecular flexibility index (Phi) is 5.58. The molecule has 1 heterocycles. The molecule has 1 fully saturated rings. The molecule has 0 bridgehead atoms. The summed E-state index contributed by atoms with van der Waals surface area (Å²) in [5.41, 5.74) is 0. The second-order valence-electron chi connectivity index (χ2n) is 5.68. The van der Waals surface area contributed by atoms with E-state index in [9.17, 15) is 8.42 Å². The average molecular weight is 277 g/mol. The lowest BCUT2D eigenvalue weighted by molar-refractivity contribution is 0.301. The maximum absolute atomic E-state index is 12.4. The van der Waals surface area contributed by atoms with Crippen molar-refractivity contribution in [1.29, 1.82) is 0 Å². The zero-order valence-corrected chi connectivity index (χ0v) is 13.0. The third-order valence-corrected chi connectivity index (χ3v) is 5.77. The second-order valence-corrected chi connectivity index (χ2v) is 8.03. The van der Waals surface area contributed by atoms with Crippen LogP contribution in [0.1, 0.15) is 27.2 Å². The van der Waals surface area contributed by atoms with Gasteiger partial charge in [-0.15, -0.1) is 0 Å². The molecule has 1 aliphatic heterocycles. The first-order valence-electron chi connectivity index (χ1n) is 6.64. The number of nitrogens with zero attached hydrogens (tertiary/aromatic N) is 2. The highest BCUT2D eigenvalue weighted by atomic mass is 32.2. The lowest BCUT2D eigenvalue weighted by Crippen LogP contribution is -2.43. The summed E-state index contributed by atoms with van der Waals surface area (Å²) in [7, 11) is 0.852. The fourth-order valence-electron chi connectivity index (χ4n) is 2.12. The van der Waals surface area contributed by atoms with Crippen LogP contribution < -0.4 is 5.32 Å². The molecule has 108 valence electrons. The van der Waals surface area contributed by atoms with Gasteiger partial charge in [0.2, 0.25) is 10.0 Å². The molecule has 2 unspecified atom stereocenters. The number of rotatable bonds is 6. The molecule has 6 heteroatoms. The number of likely N-dealkylation sites (N-methyl/N-ethyl adjacent to an activating group) is 1. The largest absolute Gasteiger partial charge is 0.313 e. The van der Waals surface area contributed by atoms with E-state index in [2.05, 4.69) is 10.2 Å². The third kappa shape index (κ3) is 3.91. The van der Waals surface area contributed by atoms with Gasteiger partial charge in [0.15, 0.2) is 0 Å². The van der Waals surface area contributed by atoms with E-state index in [-0.39, 0.29) is 5.25 Å². The van der Waals surface area contributed by atoms with Crippen molar-refractivity contribution in [3.63, 3.8) is 0 Å². The van der Waals surface area contributed by atoms with E-state index in [0.29, 0.717) is 31.7 Å². The Morgan fingerprint density at radius 1 is 1.33 bits per heavy atom. The maximum atomic E-state index is 12.4. The molecule has 0 aromatic heterocycles. The van der Waals surface area contributed by atoms with Crippen molar-refractivity contribution in [3.8, 4) is 0 Å². The highest BCUT2D eigenvalue weighted by Gasteiger charge is 2.35. The number of nitrogens with one attached hydrogen (secondary N) is 1. The highest BCUT2D eigenvalue weighted by molar-refractivity contribution is 7.89. The summed E-state index contributed by atoms with van der Waals surface area (Å²) >= 11 is 0. The van der Waals surface area contributed by atoms with Crippen LogP contribution in [-0.2, 0) is 10.0 Å². The summed E-state index contributed by atoms with van der Waals surface area (Å²) < 4.78 is 26.4. The van der Waals surface area contributed by atoms with Gasteiger partial charge in [-0.3, -0.25) is 0 Å². The Balaban J connectivity index is 2.59. The van der Waals surface area contributed by atoms with E-state index in [1.165, 1.54) is 0 Å². The van der Waals surface area contributed by atoms with Crippen molar-refractivity contribution in [1.82, 2.24) is 14.5 Å². The molecule has 1 N–H and O–H groups in total. The Morgan fingerprint density at radius 3 is 2.39 bits per heavy atom. The standard InChI is InChI=1S/C12H27N3O2S/c1-10(2)13-8-11(3)18(16,17)15-7-6-12(9-15)14(4)5/h10-13H,6-9H2,1-5H3. The van der Waals surface area contributed by atoms with Crippen LogP contribution in [0.25, 0.3) is 0 Å². The topological polar surface area (TPSA) is 52.7 Å². The van der Waals surface area contributed by atoms with Gasteiger partial charge in [0.25, 0.3) is 0 Å². The molecule has 0 aromatic carbocycles. The Labute approximate surface area is 112 Å². The van der Waals surface area contributed by atoms with Crippen LogP contribution in [0.4, 0.5) is 0 Å². The molecule has 0 radical (unpaired) electrons. The first-order chi connectivity index (χ1) is 8.25. The molecule has 2 atom stereocenters. The molecule has 1 saturated heterocycles. The first-order valence-corrected chi connectivity index (χ1v) is 8.14. The van der Waals surface area contributed by atoms with E-state index in [1.807, 2.05) is 27.9 Å². The van der Waals surface area contributed by atoms with Gasteiger partial charge in [0.05, 0.1) is 5.25 Å². The van der Waals surface area contributed by atoms with Crippen molar-refractivity contribution >= 4 is 10.0 Å². The van der Waals surface area contributed by atoms with E-state index < -0.39 is 10.0 Å². The van der Waals surface area contributed by atoms with E-state index in [0.717, 1.165) is 6.42 Å². The lowest BCUT2D eigenvalue weighted by Gasteiger charge is -2.24.